The number of carbonyl (C=O) groups excluding carboxylic acids is 2. The van der Waals surface area contributed by atoms with Crippen LogP contribution in [0.4, 0.5) is 0 Å². The highest BCUT2D eigenvalue weighted by molar-refractivity contribution is 7.85. The van der Waals surface area contributed by atoms with Gasteiger partial charge in [0, 0.05) is 29.7 Å². The number of allylic oxidation sites excluding steroid dienone is 1. The molecule has 2 heterocycles. The van der Waals surface area contributed by atoms with Crippen molar-refractivity contribution < 1.29 is 36.8 Å². The topological polar surface area (TPSA) is 119 Å². The first-order valence-electron chi connectivity index (χ1n) is 12.3. The number of benzene rings is 2. The third-order valence-corrected chi connectivity index (χ3v) is 7.56. The highest BCUT2D eigenvalue weighted by atomic mass is 35.5. The molecule has 0 saturated carbocycles. The molecule has 0 radical (unpaired) electrons. The first-order chi connectivity index (χ1) is 18.1. The average Bonchev–Trinajstić information content (AvgIpc) is 3.39. The summed E-state index contributed by atoms with van der Waals surface area (Å²) in [5.74, 6) is -1.14. The van der Waals surface area contributed by atoms with Gasteiger partial charge in [0.1, 0.15) is 24.7 Å². The molecule has 0 aliphatic carbocycles. The van der Waals surface area contributed by atoms with Crippen molar-refractivity contribution in [2.24, 2.45) is 0 Å². The Hall–Kier alpha value is -2.92. The summed E-state index contributed by atoms with van der Waals surface area (Å²) in [6, 6.07) is 13.7. The Bertz CT molecular complexity index is 1290. The van der Waals surface area contributed by atoms with Gasteiger partial charge in [0.25, 0.3) is 10.1 Å². The third-order valence-electron chi connectivity index (χ3n) is 6.63. The first-order valence-corrected chi connectivity index (χ1v) is 14.3. The molecule has 1 N–H and O–H groups in total. The lowest BCUT2D eigenvalue weighted by Gasteiger charge is -2.35. The Morgan fingerprint density at radius 2 is 1.87 bits per heavy atom. The number of halogens is 1. The monoisotopic (exact) mass is 563 g/mol. The van der Waals surface area contributed by atoms with E-state index in [9.17, 15) is 18.0 Å². The number of esters is 1. The molecule has 1 fully saturated rings. The molecule has 2 aromatic rings. The number of nitrogens with zero attached hydrogens (tertiary/aromatic N) is 1. The van der Waals surface area contributed by atoms with Gasteiger partial charge in [-0.25, -0.2) is 4.79 Å². The molecule has 4 rings (SSSR count). The van der Waals surface area contributed by atoms with E-state index in [-0.39, 0.29) is 31.6 Å². The summed E-state index contributed by atoms with van der Waals surface area (Å²) in [6.07, 6.45) is 1.89. The van der Waals surface area contributed by atoms with Gasteiger partial charge in [0.2, 0.25) is 5.91 Å². The normalized spacial score (nSPS) is 20.1. The van der Waals surface area contributed by atoms with Crippen molar-refractivity contribution in [2.45, 2.75) is 44.8 Å². The number of carbonyl (C=O) groups is 2. The van der Waals surface area contributed by atoms with Crippen LogP contribution in [-0.2, 0) is 35.8 Å². The van der Waals surface area contributed by atoms with Crippen LogP contribution < -0.4 is 4.74 Å². The minimum Gasteiger partial charge on any atom is -0.492 e. The molecule has 0 spiro atoms. The van der Waals surface area contributed by atoms with E-state index >= 15 is 0 Å². The van der Waals surface area contributed by atoms with E-state index in [1.165, 1.54) is 0 Å². The zero-order chi connectivity index (χ0) is 27.3. The summed E-state index contributed by atoms with van der Waals surface area (Å²) in [5.41, 5.74) is 2.49. The molecule has 9 nitrogen and oxygen atoms in total. The second kappa shape index (κ2) is 12.3. The maximum atomic E-state index is 13.4. The Balaban J connectivity index is 1.49. The van der Waals surface area contributed by atoms with E-state index in [1.54, 1.807) is 48.2 Å². The molecule has 11 heteroatoms. The zero-order valence-corrected chi connectivity index (χ0v) is 22.5. The van der Waals surface area contributed by atoms with E-state index in [2.05, 4.69) is 0 Å². The second-order valence-electron chi connectivity index (χ2n) is 9.30. The lowest BCUT2D eigenvalue weighted by Crippen LogP contribution is -2.42. The number of hydrogen-bond acceptors (Lipinski definition) is 7. The lowest BCUT2D eigenvalue weighted by atomic mass is 9.83. The number of rotatable bonds is 10. The number of hydrogen-bond donors (Lipinski definition) is 1. The van der Waals surface area contributed by atoms with Crippen molar-refractivity contribution >= 4 is 33.6 Å². The highest BCUT2D eigenvalue weighted by Crippen LogP contribution is 2.38. The van der Waals surface area contributed by atoms with Crippen LogP contribution in [-0.4, -0.2) is 61.4 Å². The summed E-state index contributed by atoms with van der Waals surface area (Å²) >= 11 is 6.06. The maximum absolute atomic E-state index is 13.4. The van der Waals surface area contributed by atoms with Gasteiger partial charge in [0.05, 0.1) is 18.2 Å². The molecular formula is C27H30ClNO8S. The Labute approximate surface area is 227 Å². The van der Waals surface area contributed by atoms with Crippen LogP contribution in [0.2, 0.25) is 5.02 Å². The van der Waals surface area contributed by atoms with Crippen LogP contribution in [0.3, 0.4) is 0 Å². The summed E-state index contributed by atoms with van der Waals surface area (Å²) in [5, 5.41) is 0.561. The van der Waals surface area contributed by atoms with Gasteiger partial charge >= 0.3 is 5.97 Å². The summed E-state index contributed by atoms with van der Waals surface area (Å²) in [6.45, 7) is 2.64. The van der Waals surface area contributed by atoms with Crippen LogP contribution in [0.25, 0.3) is 0 Å². The average molecular weight is 564 g/mol. The van der Waals surface area contributed by atoms with Crippen molar-refractivity contribution in [2.75, 3.05) is 25.5 Å². The van der Waals surface area contributed by atoms with Gasteiger partial charge < -0.3 is 19.1 Å². The van der Waals surface area contributed by atoms with Crippen LogP contribution in [0.5, 0.6) is 5.75 Å². The van der Waals surface area contributed by atoms with Gasteiger partial charge in [-0.15, -0.1) is 0 Å². The Kier molecular flexibility index (Phi) is 9.09. The highest BCUT2D eigenvalue weighted by Gasteiger charge is 2.38. The van der Waals surface area contributed by atoms with E-state index in [4.69, 9.17) is 30.4 Å². The Morgan fingerprint density at radius 3 is 2.50 bits per heavy atom. The fraction of sp³-hybridized carbons (Fsp3) is 0.407. The summed E-state index contributed by atoms with van der Waals surface area (Å²) in [7, 11) is -4.10. The lowest BCUT2D eigenvalue weighted by molar-refractivity contribution is -0.141. The van der Waals surface area contributed by atoms with Gasteiger partial charge in [0.15, 0.2) is 0 Å². The van der Waals surface area contributed by atoms with Crippen molar-refractivity contribution in [1.29, 1.82) is 0 Å². The number of amides is 1. The summed E-state index contributed by atoms with van der Waals surface area (Å²) in [4.78, 5) is 28.2. The molecule has 2 atom stereocenters. The van der Waals surface area contributed by atoms with Crippen LogP contribution >= 0.6 is 11.6 Å². The van der Waals surface area contributed by atoms with Crippen molar-refractivity contribution in [3.63, 3.8) is 0 Å². The smallest absolute Gasteiger partial charge is 0.336 e. The SMILES string of the molecule is CC1=C(C(=O)OCc2ccc(OCCS(=O)(=O)O)cc2)[C@H](c2ccc(Cl)cc2)CC(=O)N1C[C@H]1CCCO1. The largest absolute Gasteiger partial charge is 0.492 e. The number of ether oxygens (including phenoxy) is 3. The second-order valence-corrected chi connectivity index (χ2v) is 11.3. The molecule has 2 aliphatic rings. The minimum atomic E-state index is -4.10. The maximum Gasteiger partial charge on any atom is 0.336 e. The van der Waals surface area contributed by atoms with Crippen LogP contribution in [0, 0.1) is 0 Å². The molecule has 204 valence electrons. The molecule has 1 saturated heterocycles. The zero-order valence-electron chi connectivity index (χ0n) is 21.0. The minimum absolute atomic E-state index is 0.00602. The van der Waals surface area contributed by atoms with E-state index in [1.807, 2.05) is 12.1 Å². The standard InChI is InChI=1S/C27H30ClNO8S/c1-18-26(27(31)37-17-19-4-10-22(11-5-19)36-13-14-38(32,33)34)24(20-6-8-21(28)9-7-20)15-25(30)29(18)16-23-3-2-12-35-23/h4-11,23-24H,2-3,12-17H2,1H3,(H,32,33,34)/t23-,24+/m1/s1. The third kappa shape index (κ3) is 7.35. The van der Waals surface area contributed by atoms with Gasteiger partial charge in [-0.3, -0.25) is 9.35 Å². The van der Waals surface area contributed by atoms with Crippen molar-refractivity contribution in [3.8, 4) is 5.75 Å². The Morgan fingerprint density at radius 1 is 1.16 bits per heavy atom. The molecule has 0 unspecified atom stereocenters. The van der Waals surface area contributed by atoms with Gasteiger partial charge in [-0.2, -0.15) is 8.42 Å². The molecule has 1 amide bonds. The van der Waals surface area contributed by atoms with Crippen molar-refractivity contribution in [1.82, 2.24) is 4.90 Å². The quantitative estimate of drug-likeness (QED) is 0.339. The van der Waals surface area contributed by atoms with E-state index in [0.29, 0.717) is 40.8 Å². The fourth-order valence-electron chi connectivity index (χ4n) is 4.65. The fourth-order valence-corrected chi connectivity index (χ4v) is 5.07. The predicted octanol–water partition coefficient (Wildman–Crippen LogP) is 4.12. The van der Waals surface area contributed by atoms with E-state index in [0.717, 1.165) is 18.4 Å². The first kappa shape index (κ1) is 28.1. The van der Waals surface area contributed by atoms with E-state index < -0.39 is 27.8 Å². The van der Waals surface area contributed by atoms with Crippen molar-refractivity contribution in [3.05, 3.63) is 76.0 Å². The van der Waals surface area contributed by atoms with Crippen LogP contribution in [0.1, 0.15) is 43.2 Å². The molecule has 0 aromatic heterocycles. The molecule has 2 aliphatic heterocycles. The van der Waals surface area contributed by atoms with Crippen LogP contribution in [0.15, 0.2) is 59.8 Å². The molecule has 0 bridgehead atoms. The summed E-state index contributed by atoms with van der Waals surface area (Å²) < 4.78 is 47.2. The van der Waals surface area contributed by atoms with Gasteiger partial charge in [-0.05, 0) is 55.2 Å². The molecular weight excluding hydrogens is 534 g/mol. The molecule has 2 aromatic carbocycles. The predicted molar refractivity (Wildman–Crippen MR) is 140 cm³/mol. The van der Waals surface area contributed by atoms with Gasteiger partial charge in [-0.1, -0.05) is 35.9 Å². The molecule has 38 heavy (non-hydrogen) atoms.